The van der Waals surface area contributed by atoms with Crippen LogP contribution < -0.4 is 9.03 Å². The molecule has 0 bridgehead atoms. The molecular formula is C16H13FN6O6S2. The van der Waals surface area contributed by atoms with Gasteiger partial charge in [0, 0.05) is 11.6 Å². The Morgan fingerprint density at radius 3 is 2.65 bits per heavy atom. The number of aromatic nitrogens is 4. The number of amides is 1. The van der Waals surface area contributed by atoms with E-state index < -0.39 is 55.2 Å². The molecule has 3 heterocycles. The van der Waals surface area contributed by atoms with E-state index >= 15 is 4.39 Å². The van der Waals surface area contributed by atoms with Crippen molar-refractivity contribution >= 4 is 42.9 Å². The molecule has 2 aliphatic rings. The van der Waals surface area contributed by atoms with Gasteiger partial charge in [0.15, 0.2) is 5.82 Å². The first-order valence-corrected chi connectivity index (χ1v) is 11.8. The highest BCUT2D eigenvalue weighted by atomic mass is 32.2. The van der Waals surface area contributed by atoms with E-state index in [1.807, 2.05) is 0 Å². The molecule has 2 aromatic heterocycles. The summed E-state index contributed by atoms with van der Waals surface area (Å²) in [6.45, 7) is -0.711. The number of hydrogen-bond acceptors (Lipinski definition) is 9. The minimum absolute atomic E-state index is 0.0728. The van der Waals surface area contributed by atoms with Gasteiger partial charge in [-0.2, -0.15) is 17.6 Å². The van der Waals surface area contributed by atoms with Crippen LogP contribution in [0, 0.1) is 5.82 Å². The molecule has 12 nitrogen and oxygen atoms in total. The Balaban J connectivity index is 1.62. The van der Waals surface area contributed by atoms with Crippen molar-refractivity contribution in [1.29, 1.82) is 0 Å². The number of phenolic OH excluding ortho intramolecular Hbond substituents is 1. The van der Waals surface area contributed by atoms with Crippen LogP contribution in [0.1, 0.15) is 12.8 Å². The minimum atomic E-state index is -4.37. The van der Waals surface area contributed by atoms with Crippen LogP contribution in [0.25, 0.3) is 22.3 Å². The summed E-state index contributed by atoms with van der Waals surface area (Å²) in [6, 6.07) is 1.02. The van der Waals surface area contributed by atoms with Crippen molar-refractivity contribution in [3.8, 4) is 17.0 Å². The molecule has 1 aromatic carbocycles. The van der Waals surface area contributed by atoms with Crippen LogP contribution in [0.2, 0.25) is 0 Å². The number of carbonyl (C=O) groups excluding carboxylic acids is 1. The third-order valence-electron chi connectivity index (χ3n) is 4.86. The lowest BCUT2D eigenvalue weighted by atomic mass is 10.2. The van der Waals surface area contributed by atoms with Crippen molar-refractivity contribution in [2.24, 2.45) is 0 Å². The summed E-state index contributed by atoms with van der Waals surface area (Å²) in [5.74, 6) is -2.83. The number of nitrogens with zero attached hydrogens (tertiary/aromatic N) is 5. The summed E-state index contributed by atoms with van der Waals surface area (Å²) >= 11 is 0. The molecule has 15 heteroatoms. The van der Waals surface area contributed by atoms with Gasteiger partial charge in [-0.25, -0.2) is 26.8 Å². The van der Waals surface area contributed by atoms with E-state index in [-0.39, 0.29) is 22.3 Å². The SMILES string of the molecule is O=C1CN(c2c(O)cc3ncc(-c4cnn(S(=O)(=O)C5CC5)c4)nc3c2F)S(=O)(=O)N1. The lowest BCUT2D eigenvalue weighted by molar-refractivity contribution is -0.117. The number of aromatic hydroxyl groups is 1. The molecule has 162 valence electrons. The van der Waals surface area contributed by atoms with Crippen molar-refractivity contribution in [3.05, 3.63) is 30.5 Å². The van der Waals surface area contributed by atoms with Gasteiger partial charge in [0.25, 0.3) is 15.9 Å². The van der Waals surface area contributed by atoms with Crippen molar-refractivity contribution < 1.29 is 31.1 Å². The number of carbonyl (C=O) groups is 1. The predicted octanol–water partition coefficient (Wildman–Crippen LogP) is -0.141. The van der Waals surface area contributed by atoms with Crippen LogP contribution in [0.3, 0.4) is 0 Å². The molecule has 1 aliphatic heterocycles. The predicted molar refractivity (Wildman–Crippen MR) is 104 cm³/mol. The van der Waals surface area contributed by atoms with Crippen LogP contribution in [-0.4, -0.2) is 58.8 Å². The molecule has 31 heavy (non-hydrogen) atoms. The van der Waals surface area contributed by atoms with E-state index in [1.165, 1.54) is 18.6 Å². The molecule has 1 aliphatic carbocycles. The number of rotatable bonds is 4. The summed E-state index contributed by atoms with van der Waals surface area (Å²) in [5.41, 5.74) is -0.865. The molecule has 3 aromatic rings. The Morgan fingerprint density at radius 1 is 1.26 bits per heavy atom. The van der Waals surface area contributed by atoms with Crippen molar-refractivity contribution in [1.82, 2.24) is 23.9 Å². The molecule has 1 saturated heterocycles. The maximum Gasteiger partial charge on any atom is 0.326 e. The van der Waals surface area contributed by atoms with E-state index in [1.54, 1.807) is 4.72 Å². The van der Waals surface area contributed by atoms with Gasteiger partial charge in [0.1, 0.15) is 23.5 Å². The lowest BCUT2D eigenvalue weighted by Crippen LogP contribution is -2.30. The van der Waals surface area contributed by atoms with E-state index in [0.29, 0.717) is 17.1 Å². The lowest BCUT2D eigenvalue weighted by Gasteiger charge is -2.17. The average Bonchev–Trinajstić information content (AvgIpc) is 3.37. The van der Waals surface area contributed by atoms with Crippen molar-refractivity contribution in [2.45, 2.75) is 18.1 Å². The molecule has 1 amide bonds. The highest BCUT2D eigenvalue weighted by Gasteiger charge is 2.39. The molecule has 5 rings (SSSR count). The molecule has 0 radical (unpaired) electrons. The normalized spacial score (nSPS) is 18.5. The maximum atomic E-state index is 15.2. The Bertz CT molecular complexity index is 1480. The topological polar surface area (TPSA) is 164 Å². The summed E-state index contributed by atoms with van der Waals surface area (Å²) in [4.78, 5) is 19.6. The number of benzene rings is 1. The number of hydrogen-bond donors (Lipinski definition) is 2. The molecule has 2 N–H and O–H groups in total. The Hall–Kier alpha value is -3.33. The molecular weight excluding hydrogens is 455 g/mol. The second-order valence-electron chi connectivity index (χ2n) is 7.06. The summed E-state index contributed by atoms with van der Waals surface area (Å²) < 4.78 is 66.9. The monoisotopic (exact) mass is 468 g/mol. The fraction of sp³-hybridized carbons (Fsp3) is 0.250. The molecule has 0 atom stereocenters. The number of phenols is 1. The third-order valence-corrected chi connectivity index (χ3v) is 8.28. The largest absolute Gasteiger partial charge is 0.506 e. The maximum absolute atomic E-state index is 15.2. The van der Waals surface area contributed by atoms with E-state index in [0.717, 1.165) is 10.2 Å². The zero-order valence-electron chi connectivity index (χ0n) is 15.4. The van der Waals surface area contributed by atoms with Gasteiger partial charge in [0.2, 0.25) is 0 Å². The minimum Gasteiger partial charge on any atom is -0.506 e. The molecule has 0 spiro atoms. The summed E-state index contributed by atoms with van der Waals surface area (Å²) in [7, 11) is -7.98. The van der Waals surface area contributed by atoms with Gasteiger partial charge in [-0.3, -0.25) is 9.78 Å². The Kier molecular flexibility index (Phi) is 4.01. The van der Waals surface area contributed by atoms with Gasteiger partial charge in [-0.05, 0) is 12.8 Å². The van der Waals surface area contributed by atoms with Gasteiger partial charge < -0.3 is 5.11 Å². The van der Waals surface area contributed by atoms with E-state index in [9.17, 15) is 26.7 Å². The Morgan fingerprint density at radius 2 is 2.00 bits per heavy atom. The zero-order chi connectivity index (χ0) is 22.1. The second kappa shape index (κ2) is 6.34. The van der Waals surface area contributed by atoms with Gasteiger partial charge in [0.05, 0.1) is 35.1 Å². The van der Waals surface area contributed by atoms with Crippen LogP contribution in [0.15, 0.2) is 24.7 Å². The second-order valence-corrected chi connectivity index (χ2v) is 10.7. The first-order chi connectivity index (χ1) is 14.6. The van der Waals surface area contributed by atoms with Crippen LogP contribution in [-0.2, 0) is 25.0 Å². The van der Waals surface area contributed by atoms with Crippen LogP contribution in [0.5, 0.6) is 5.75 Å². The smallest absolute Gasteiger partial charge is 0.326 e. The van der Waals surface area contributed by atoms with Crippen LogP contribution in [0.4, 0.5) is 10.1 Å². The molecule has 2 fully saturated rings. The molecule has 1 saturated carbocycles. The fourth-order valence-corrected chi connectivity index (χ4v) is 5.85. The number of nitrogens with one attached hydrogen (secondary N) is 1. The van der Waals surface area contributed by atoms with Crippen molar-refractivity contribution in [2.75, 3.05) is 10.8 Å². The van der Waals surface area contributed by atoms with Crippen LogP contribution >= 0.6 is 0 Å². The first-order valence-electron chi connectivity index (χ1n) is 8.89. The number of halogens is 1. The van der Waals surface area contributed by atoms with Gasteiger partial charge in [-0.15, -0.1) is 0 Å². The average molecular weight is 468 g/mol. The first kappa shape index (κ1) is 19.6. The molecule has 0 unspecified atom stereocenters. The highest BCUT2D eigenvalue weighted by Crippen LogP contribution is 2.37. The Labute approximate surface area is 174 Å². The quantitative estimate of drug-likeness (QED) is 0.530. The standard InChI is InChI=1S/C16H13FN6O6S2/c17-14-15-10(3-12(24)16(14)22-7-13(25)21-31(22,28)29)18-5-11(20-15)8-4-19-23(6-8)30(26,27)9-1-2-9/h3-6,9,24H,1-2,7H2,(H,21,25). The zero-order valence-corrected chi connectivity index (χ0v) is 17.1. The highest BCUT2D eigenvalue weighted by molar-refractivity contribution is 7.92. The summed E-state index contributed by atoms with van der Waals surface area (Å²) in [6.07, 6.45) is 4.82. The van der Waals surface area contributed by atoms with Gasteiger partial charge in [-0.1, -0.05) is 0 Å². The third kappa shape index (κ3) is 3.07. The number of fused-ring (bicyclic) bond motifs is 1. The number of anilines is 1. The van der Waals surface area contributed by atoms with Crippen molar-refractivity contribution in [3.63, 3.8) is 0 Å². The van der Waals surface area contributed by atoms with E-state index in [2.05, 4.69) is 15.1 Å². The van der Waals surface area contributed by atoms with E-state index in [4.69, 9.17) is 0 Å². The fourth-order valence-electron chi connectivity index (χ4n) is 3.21. The van der Waals surface area contributed by atoms with Gasteiger partial charge >= 0.3 is 10.2 Å². The summed E-state index contributed by atoms with van der Waals surface area (Å²) in [5, 5.41) is 13.5.